The number of pyridine rings is 1. The van der Waals surface area contributed by atoms with E-state index in [4.69, 9.17) is 9.84 Å². The Bertz CT molecular complexity index is 1200. The lowest BCUT2D eigenvalue weighted by Gasteiger charge is -2.31. The molecule has 3 aromatic rings. The maximum absolute atomic E-state index is 13.1. The number of hydrogen-bond acceptors (Lipinski definition) is 7. The topological polar surface area (TPSA) is 97.9 Å². The summed E-state index contributed by atoms with van der Waals surface area (Å²) in [5.41, 5.74) is 0.936. The van der Waals surface area contributed by atoms with E-state index >= 15 is 0 Å². The third-order valence-corrected chi connectivity index (χ3v) is 6.49. The van der Waals surface area contributed by atoms with Gasteiger partial charge < -0.3 is 19.1 Å². The third kappa shape index (κ3) is 3.59. The number of hydrogen-bond donors (Lipinski definition) is 0. The van der Waals surface area contributed by atoms with Crippen LogP contribution in [0.4, 0.5) is 5.82 Å². The van der Waals surface area contributed by atoms with Crippen molar-refractivity contribution in [2.45, 2.75) is 31.6 Å². The van der Waals surface area contributed by atoms with Gasteiger partial charge in [-0.25, -0.2) is 0 Å². The Kier molecular flexibility index (Phi) is 5.28. The predicted molar refractivity (Wildman–Crippen MR) is 118 cm³/mol. The molecule has 2 fully saturated rings. The highest BCUT2D eigenvalue weighted by Gasteiger charge is 2.29. The Morgan fingerprint density at radius 2 is 1.84 bits per heavy atom. The number of fused-ring (bicyclic) bond motifs is 1. The van der Waals surface area contributed by atoms with Gasteiger partial charge in [0.05, 0.1) is 12.7 Å². The number of carbonyl (C=O) groups excluding carboxylic acids is 1. The summed E-state index contributed by atoms with van der Waals surface area (Å²) in [6.07, 6.45) is 5.49. The Labute approximate surface area is 185 Å². The number of piperidine rings is 1. The van der Waals surface area contributed by atoms with Crippen molar-refractivity contribution in [3.63, 3.8) is 0 Å². The second-order valence-corrected chi connectivity index (χ2v) is 8.48. The number of amides is 1. The minimum Gasteiger partial charge on any atom is -0.496 e. The molecule has 0 N–H and O–H groups in total. The lowest BCUT2D eigenvalue weighted by molar-refractivity contribution is 0.0706. The maximum Gasteiger partial charge on any atom is 0.259 e. The number of likely N-dealkylation sites (tertiary alicyclic amines) is 1. The average molecular weight is 438 g/mol. The molecule has 32 heavy (non-hydrogen) atoms. The first-order valence-corrected chi connectivity index (χ1v) is 11.1. The molecule has 0 aromatic carbocycles. The molecule has 0 saturated carbocycles. The van der Waals surface area contributed by atoms with Crippen LogP contribution in [0.15, 0.2) is 29.2 Å². The Morgan fingerprint density at radius 3 is 2.56 bits per heavy atom. The molecule has 2 saturated heterocycles. The van der Waals surface area contributed by atoms with E-state index in [1.165, 1.54) is 30.6 Å². The smallest absolute Gasteiger partial charge is 0.259 e. The number of rotatable bonds is 4. The predicted octanol–water partition coefficient (Wildman–Crippen LogP) is 1.45. The van der Waals surface area contributed by atoms with E-state index in [9.17, 15) is 9.59 Å². The van der Waals surface area contributed by atoms with Crippen molar-refractivity contribution in [2.75, 3.05) is 38.2 Å². The van der Waals surface area contributed by atoms with Crippen molar-refractivity contribution in [1.29, 1.82) is 0 Å². The van der Waals surface area contributed by atoms with Crippen molar-refractivity contribution < 1.29 is 9.53 Å². The molecule has 2 aliphatic rings. The van der Waals surface area contributed by atoms with Gasteiger partial charge in [-0.3, -0.25) is 9.59 Å². The van der Waals surface area contributed by atoms with E-state index < -0.39 is 0 Å². The number of methoxy groups -OCH3 is 1. The molecule has 1 amide bonds. The fourth-order valence-electron chi connectivity index (χ4n) is 4.62. The van der Waals surface area contributed by atoms with Gasteiger partial charge in [-0.05, 0) is 37.8 Å². The molecule has 0 unspecified atom stereocenters. The molecular weight excluding hydrogens is 410 g/mol. The molecule has 10 nitrogen and oxygen atoms in total. The summed E-state index contributed by atoms with van der Waals surface area (Å²) in [6.45, 7) is 3.25. The van der Waals surface area contributed by atoms with Crippen LogP contribution in [0.3, 0.4) is 0 Å². The number of aromatic nitrogens is 5. The van der Waals surface area contributed by atoms with Crippen LogP contribution < -0.4 is 15.2 Å². The third-order valence-electron chi connectivity index (χ3n) is 6.49. The van der Waals surface area contributed by atoms with Gasteiger partial charge in [0, 0.05) is 51.4 Å². The quantitative estimate of drug-likeness (QED) is 0.609. The first-order chi connectivity index (χ1) is 15.5. The fraction of sp³-hybridized carbons (Fsp3) is 0.500. The molecular formula is C22H27N7O3. The van der Waals surface area contributed by atoms with E-state index in [2.05, 4.69) is 15.1 Å². The molecule has 10 heteroatoms. The number of anilines is 1. The second kappa shape index (κ2) is 8.25. The highest BCUT2D eigenvalue weighted by molar-refractivity contribution is 5.96. The highest BCUT2D eigenvalue weighted by Crippen LogP contribution is 2.29. The maximum atomic E-state index is 13.1. The standard InChI is InChI=1S/C22H27N7O3/c1-26-14-16(17(32-2)13-20(26)30)22(31)28-11-7-15(8-12-28)21-24-23-18-5-6-19(25-29(18)21)27-9-3-4-10-27/h5-6,13-15H,3-4,7-12H2,1-2H3. The summed E-state index contributed by atoms with van der Waals surface area (Å²) < 4.78 is 8.54. The van der Waals surface area contributed by atoms with Gasteiger partial charge in [0.1, 0.15) is 11.6 Å². The SMILES string of the molecule is COc1cc(=O)n(C)cc1C(=O)N1CCC(c2nnc3ccc(N4CCCC4)nn23)CC1. The van der Waals surface area contributed by atoms with Crippen LogP contribution in [0.1, 0.15) is 47.8 Å². The van der Waals surface area contributed by atoms with Crippen LogP contribution in [-0.4, -0.2) is 68.5 Å². The summed E-state index contributed by atoms with van der Waals surface area (Å²) >= 11 is 0. The largest absolute Gasteiger partial charge is 0.496 e. The molecule has 0 aliphatic carbocycles. The van der Waals surface area contributed by atoms with Gasteiger partial charge in [0.25, 0.3) is 11.5 Å². The lowest BCUT2D eigenvalue weighted by atomic mass is 9.95. The van der Waals surface area contributed by atoms with E-state index in [0.29, 0.717) is 24.4 Å². The van der Waals surface area contributed by atoms with Crippen LogP contribution in [0.5, 0.6) is 5.75 Å². The number of carbonyl (C=O) groups is 1. The first-order valence-electron chi connectivity index (χ1n) is 11.1. The van der Waals surface area contributed by atoms with Crippen molar-refractivity contribution in [3.05, 3.63) is 46.1 Å². The molecule has 2 aliphatic heterocycles. The molecule has 168 valence electrons. The zero-order valence-corrected chi connectivity index (χ0v) is 18.4. The summed E-state index contributed by atoms with van der Waals surface area (Å²) in [7, 11) is 3.10. The van der Waals surface area contributed by atoms with E-state index in [0.717, 1.165) is 43.2 Å². The number of nitrogens with zero attached hydrogens (tertiary/aromatic N) is 7. The van der Waals surface area contributed by atoms with Crippen LogP contribution in [-0.2, 0) is 7.05 Å². The number of aryl methyl sites for hydroxylation is 1. The molecule has 5 heterocycles. The zero-order valence-electron chi connectivity index (χ0n) is 18.4. The van der Waals surface area contributed by atoms with E-state index in [-0.39, 0.29) is 17.4 Å². The van der Waals surface area contributed by atoms with Gasteiger partial charge in [0.2, 0.25) is 0 Å². The molecule has 0 radical (unpaired) electrons. The van der Waals surface area contributed by atoms with E-state index in [1.54, 1.807) is 13.2 Å². The van der Waals surface area contributed by atoms with Gasteiger partial charge in [-0.15, -0.1) is 15.3 Å². The number of ether oxygens (including phenoxy) is 1. The van der Waals surface area contributed by atoms with Crippen LogP contribution in [0.2, 0.25) is 0 Å². The molecule has 3 aromatic heterocycles. The molecule has 5 rings (SSSR count). The summed E-state index contributed by atoms with van der Waals surface area (Å²) in [5.74, 6) is 2.18. The summed E-state index contributed by atoms with van der Waals surface area (Å²) in [5, 5.41) is 13.6. The zero-order chi connectivity index (χ0) is 22.2. The summed E-state index contributed by atoms with van der Waals surface area (Å²) in [6, 6.07) is 5.34. The monoisotopic (exact) mass is 437 g/mol. The average Bonchev–Trinajstić information content (AvgIpc) is 3.50. The highest BCUT2D eigenvalue weighted by atomic mass is 16.5. The molecule has 0 spiro atoms. The lowest BCUT2D eigenvalue weighted by Crippen LogP contribution is -2.39. The first kappa shape index (κ1) is 20.5. The second-order valence-electron chi connectivity index (χ2n) is 8.48. The van der Waals surface area contributed by atoms with Gasteiger partial charge in [-0.1, -0.05) is 0 Å². The summed E-state index contributed by atoms with van der Waals surface area (Å²) in [4.78, 5) is 29.1. The van der Waals surface area contributed by atoms with Gasteiger partial charge in [0.15, 0.2) is 11.5 Å². The van der Waals surface area contributed by atoms with Crippen molar-refractivity contribution in [1.82, 2.24) is 29.3 Å². The van der Waals surface area contributed by atoms with Crippen LogP contribution >= 0.6 is 0 Å². The minimum atomic E-state index is -0.211. The van der Waals surface area contributed by atoms with Crippen LogP contribution in [0, 0.1) is 0 Å². The molecule has 0 atom stereocenters. The van der Waals surface area contributed by atoms with E-state index in [1.807, 2.05) is 21.5 Å². The van der Waals surface area contributed by atoms with Crippen molar-refractivity contribution >= 4 is 17.4 Å². The normalized spacial score (nSPS) is 17.3. The van der Waals surface area contributed by atoms with Gasteiger partial charge in [-0.2, -0.15) is 4.52 Å². The Hall–Kier alpha value is -3.43. The Balaban J connectivity index is 1.33. The minimum absolute atomic E-state index is 0.128. The van der Waals surface area contributed by atoms with Gasteiger partial charge >= 0.3 is 0 Å². The Morgan fingerprint density at radius 1 is 1.09 bits per heavy atom. The van der Waals surface area contributed by atoms with Crippen molar-refractivity contribution in [3.8, 4) is 5.75 Å². The molecule has 0 bridgehead atoms. The fourth-order valence-corrected chi connectivity index (χ4v) is 4.62. The van der Waals surface area contributed by atoms with Crippen molar-refractivity contribution in [2.24, 2.45) is 7.05 Å². The van der Waals surface area contributed by atoms with Crippen LogP contribution in [0.25, 0.3) is 5.65 Å².